The molecule has 0 radical (unpaired) electrons. The summed E-state index contributed by atoms with van der Waals surface area (Å²) in [5, 5.41) is 6.65. The van der Waals surface area contributed by atoms with Gasteiger partial charge in [0.15, 0.2) is 11.7 Å². The normalized spacial score (nSPS) is 14.6. The summed E-state index contributed by atoms with van der Waals surface area (Å²) in [5.41, 5.74) is 2.73. The Hall–Kier alpha value is -2.63. The maximum atomic E-state index is 12.7. The van der Waals surface area contributed by atoms with E-state index in [0.717, 1.165) is 42.6 Å². The molecule has 3 rings (SSSR count). The molecule has 126 valence electrons. The van der Waals surface area contributed by atoms with E-state index in [-0.39, 0.29) is 5.69 Å². The lowest BCUT2D eigenvalue weighted by atomic mass is 9.96. The molecular weight excluding hydrogens is 308 g/mol. The molecule has 24 heavy (non-hydrogen) atoms. The highest BCUT2D eigenvalue weighted by atomic mass is 16.5. The number of aromatic nitrogens is 1. The van der Waals surface area contributed by atoms with E-state index in [1.54, 1.807) is 6.07 Å². The molecule has 6 nitrogen and oxygen atoms in total. The third-order valence-corrected chi connectivity index (χ3v) is 4.38. The zero-order valence-electron chi connectivity index (χ0n) is 13.8. The van der Waals surface area contributed by atoms with Crippen molar-refractivity contribution in [3.05, 3.63) is 52.4 Å². The number of rotatable bonds is 4. The molecule has 1 amide bonds. The Morgan fingerprint density at radius 1 is 1.25 bits per heavy atom. The van der Waals surface area contributed by atoms with E-state index in [1.165, 1.54) is 7.11 Å². The van der Waals surface area contributed by atoms with Crippen molar-refractivity contribution in [2.24, 2.45) is 0 Å². The van der Waals surface area contributed by atoms with Crippen molar-refractivity contribution < 1.29 is 18.8 Å². The average molecular weight is 328 g/mol. The van der Waals surface area contributed by atoms with Crippen LogP contribution in [0.15, 0.2) is 28.8 Å². The second-order valence-corrected chi connectivity index (χ2v) is 5.93. The molecular formula is C18H20N2O4. The van der Waals surface area contributed by atoms with Crippen molar-refractivity contribution in [2.75, 3.05) is 7.11 Å². The number of methoxy groups -OCH3 is 1. The summed E-state index contributed by atoms with van der Waals surface area (Å²) in [7, 11) is 1.30. The van der Waals surface area contributed by atoms with Crippen molar-refractivity contribution in [1.29, 1.82) is 0 Å². The van der Waals surface area contributed by atoms with Crippen LogP contribution in [-0.4, -0.2) is 24.1 Å². The maximum Gasteiger partial charge on any atom is 0.333 e. The van der Waals surface area contributed by atoms with E-state index < -0.39 is 17.9 Å². The minimum absolute atomic E-state index is 0.271. The summed E-state index contributed by atoms with van der Waals surface area (Å²) in [5.74, 6) is -0.160. The molecule has 1 aliphatic rings. The molecule has 1 atom stereocenters. The number of carbonyl (C=O) groups is 2. The number of nitrogens with zero attached hydrogens (tertiary/aromatic N) is 1. The first-order valence-corrected chi connectivity index (χ1v) is 8.03. The first-order valence-electron chi connectivity index (χ1n) is 8.03. The van der Waals surface area contributed by atoms with Gasteiger partial charge in [-0.25, -0.2) is 4.79 Å². The summed E-state index contributed by atoms with van der Waals surface area (Å²) >= 11 is 0. The van der Waals surface area contributed by atoms with Gasteiger partial charge in [-0.15, -0.1) is 0 Å². The van der Waals surface area contributed by atoms with Crippen LogP contribution in [0.3, 0.4) is 0 Å². The average Bonchev–Trinajstić information content (AvgIpc) is 3.04. The van der Waals surface area contributed by atoms with Crippen LogP contribution in [0, 0.1) is 6.92 Å². The quantitative estimate of drug-likeness (QED) is 0.872. The van der Waals surface area contributed by atoms with E-state index in [9.17, 15) is 9.59 Å². The standard InChI is InChI=1S/C18H20N2O4/c1-11-7-3-4-8-12(11)16(18(22)23-2)19-17(21)15-13-9-5-6-10-14(13)24-20-15/h3-4,7-8,16H,5-6,9-10H2,1-2H3,(H,19,21). The Morgan fingerprint density at radius 2 is 2.00 bits per heavy atom. The lowest BCUT2D eigenvalue weighted by Gasteiger charge is -2.18. The summed E-state index contributed by atoms with van der Waals surface area (Å²) < 4.78 is 10.1. The topological polar surface area (TPSA) is 81.4 Å². The fourth-order valence-corrected chi connectivity index (χ4v) is 3.05. The molecule has 0 aliphatic heterocycles. The van der Waals surface area contributed by atoms with Crippen LogP contribution in [0.5, 0.6) is 0 Å². The number of hydrogen-bond acceptors (Lipinski definition) is 5. The van der Waals surface area contributed by atoms with Gasteiger partial charge in [-0.1, -0.05) is 29.4 Å². The first kappa shape index (κ1) is 16.2. The van der Waals surface area contributed by atoms with Gasteiger partial charge in [-0.05, 0) is 37.3 Å². The number of aryl methyl sites for hydroxylation is 2. The molecule has 0 fully saturated rings. The first-order chi connectivity index (χ1) is 11.6. The zero-order valence-corrected chi connectivity index (χ0v) is 13.8. The summed E-state index contributed by atoms with van der Waals surface area (Å²) in [4.78, 5) is 24.8. The van der Waals surface area contributed by atoms with Crippen LogP contribution in [0.25, 0.3) is 0 Å². The lowest BCUT2D eigenvalue weighted by Crippen LogP contribution is -2.35. The highest BCUT2D eigenvalue weighted by Crippen LogP contribution is 2.25. The van der Waals surface area contributed by atoms with Gasteiger partial charge in [-0.2, -0.15) is 0 Å². The molecule has 2 aromatic rings. The summed E-state index contributed by atoms with van der Waals surface area (Å²) in [6, 6.07) is 6.51. The van der Waals surface area contributed by atoms with Crippen LogP contribution in [0.1, 0.15) is 51.8 Å². The van der Waals surface area contributed by atoms with Gasteiger partial charge >= 0.3 is 5.97 Å². The van der Waals surface area contributed by atoms with Crippen LogP contribution in [0.4, 0.5) is 0 Å². The minimum atomic E-state index is -0.875. The van der Waals surface area contributed by atoms with Crippen molar-refractivity contribution in [3.8, 4) is 0 Å². The maximum absolute atomic E-state index is 12.7. The molecule has 0 saturated carbocycles. The largest absolute Gasteiger partial charge is 0.467 e. The van der Waals surface area contributed by atoms with Gasteiger partial charge in [-0.3, -0.25) is 4.79 Å². The fourth-order valence-electron chi connectivity index (χ4n) is 3.05. The number of hydrogen-bond donors (Lipinski definition) is 1. The number of esters is 1. The number of fused-ring (bicyclic) bond motifs is 1. The highest BCUT2D eigenvalue weighted by Gasteiger charge is 2.29. The molecule has 0 saturated heterocycles. The van der Waals surface area contributed by atoms with Crippen LogP contribution >= 0.6 is 0 Å². The molecule has 1 heterocycles. The molecule has 1 aromatic heterocycles. The number of nitrogens with one attached hydrogen (secondary N) is 1. The SMILES string of the molecule is COC(=O)C(NC(=O)c1noc2c1CCCC2)c1ccccc1C. The predicted molar refractivity (Wildman–Crippen MR) is 86.5 cm³/mol. The second-order valence-electron chi connectivity index (χ2n) is 5.93. The van der Waals surface area contributed by atoms with E-state index in [1.807, 2.05) is 25.1 Å². The molecule has 6 heteroatoms. The molecule has 1 aromatic carbocycles. The van der Waals surface area contributed by atoms with Gasteiger partial charge in [0, 0.05) is 12.0 Å². The molecule has 0 bridgehead atoms. The zero-order chi connectivity index (χ0) is 17.1. The van der Waals surface area contributed by atoms with E-state index in [2.05, 4.69) is 10.5 Å². The van der Waals surface area contributed by atoms with E-state index >= 15 is 0 Å². The molecule has 1 unspecified atom stereocenters. The Labute approximate surface area is 140 Å². The van der Waals surface area contributed by atoms with Crippen LogP contribution < -0.4 is 5.32 Å². The lowest BCUT2D eigenvalue weighted by molar-refractivity contribution is -0.143. The minimum Gasteiger partial charge on any atom is -0.467 e. The van der Waals surface area contributed by atoms with Gasteiger partial charge < -0.3 is 14.6 Å². The smallest absolute Gasteiger partial charge is 0.333 e. The fraction of sp³-hybridized carbons (Fsp3) is 0.389. The second kappa shape index (κ2) is 6.86. The Bertz CT molecular complexity index is 766. The molecule has 1 N–H and O–H groups in total. The third kappa shape index (κ3) is 3.04. The summed E-state index contributed by atoms with van der Waals surface area (Å²) in [6.07, 6.45) is 3.62. The van der Waals surface area contributed by atoms with Crippen molar-refractivity contribution in [3.63, 3.8) is 0 Å². The van der Waals surface area contributed by atoms with E-state index in [4.69, 9.17) is 9.26 Å². The van der Waals surface area contributed by atoms with Crippen molar-refractivity contribution in [1.82, 2.24) is 10.5 Å². The number of amides is 1. The van der Waals surface area contributed by atoms with E-state index in [0.29, 0.717) is 5.56 Å². The molecule has 1 aliphatic carbocycles. The number of benzene rings is 1. The number of ether oxygens (including phenoxy) is 1. The monoisotopic (exact) mass is 328 g/mol. The van der Waals surface area contributed by atoms with Gasteiger partial charge in [0.1, 0.15) is 5.76 Å². The third-order valence-electron chi connectivity index (χ3n) is 4.38. The highest BCUT2D eigenvalue weighted by molar-refractivity contribution is 5.96. The Kier molecular flexibility index (Phi) is 4.64. The van der Waals surface area contributed by atoms with Gasteiger partial charge in [0.2, 0.25) is 0 Å². The number of carbonyl (C=O) groups excluding carboxylic acids is 2. The van der Waals surface area contributed by atoms with Gasteiger partial charge in [0.25, 0.3) is 5.91 Å². The van der Waals surface area contributed by atoms with Crippen molar-refractivity contribution in [2.45, 2.75) is 38.6 Å². The Morgan fingerprint density at radius 3 is 2.75 bits per heavy atom. The molecule has 0 spiro atoms. The van der Waals surface area contributed by atoms with Crippen LogP contribution in [-0.2, 0) is 22.4 Å². The Balaban J connectivity index is 1.88. The predicted octanol–water partition coefficient (Wildman–Crippen LogP) is 2.51. The van der Waals surface area contributed by atoms with Crippen LogP contribution in [0.2, 0.25) is 0 Å². The van der Waals surface area contributed by atoms with Gasteiger partial charge in [0.05, 0.1) is 7.11 Å². The van der Waals surface area contributed by atoms with Crippen molar-refractivity contribution >= 4 is 11.9 Å². The summed E-state index contributed by atoms with van der Waals surface area (Å²) in [6.45, 7) is 1.88.